The van der Waals surface area contributed by atoms with Gasteiger partial charge in [-0.15, -0.1) is 0 Å². The molecule has 1 N–H and O–H groups in total. The standard InChI is InChI=1S/C31H30Cl2N2O4/c1-30(2,3)19-12-15-24(23(16-19)31(4,5)6)39-29(38)18-10-13-21(14-11-18)34-26-25(33)27(36)35(28(26)37)22-9-7-8-20(32)17-22/h7-17,34H,1-6H3. The number of ether oxygens (including phenoxy) is 1. The maximum Gasteiger partial charge on any atom is 0.343 e. The van der Waals surface area contributed by atoms with Gasteiger partial charge in [0.1, 0.15) is 16.5 Å². The van der Waals surface area contributed by atoms with Gasteiger partial charge in [-0.05, 0) is 64.9 Å². The predicted molar refractivity (Wildman–Crippen MR) is 156 cm³/mol. The second kappa shape index (κ2) is 10.5. The molecular weight excluding hydrogens is 535 g/mol. The smallest absolute Gasteiger partial charge is 0.343 e. The molecule has 0 radical (unpaired) electrons. The predicted octanol–water partition coefficient (Wildman–Crippen LogP) is 7.59. The van der Waals surface area contributed by atoms with Gasteiger partial charge in [0, 0.05) is 16.3 Å². The van der Waals surface area contributed by atoms with Gasteiger partial charge in [0.15, 0.2) is 0 Å². The Hall–Kier alpha value is -3.61. The van der Waals surface area contributed by atoms with Crippen LogP contribution in [-0.4, -0.2) is 17.8 Å². The maximum atomic E-state index is 13.0. The third-order valence-corrected chi connectivity index (χ3v) is 6.93. The van der Waals surface area contributed by atoms with Crippen LogP contribution in [0.4, 0.5) is 11.4 Å². The monoisotopic (exact) mass is 564 g/mol. The Morgan fingerprint density at radius 3 is 2.08 bits per heavy atom. The minimum atomic E-state index is -0.654. The molecule has 8 heteroatoms. The van der Waals surface area contributed by atoms with E-state index in [2.05, 4.69) is 52.9 Å². The molecule has 1 aliphatic rings. The summed E-state index contributed by atoms with van der Waals surface area (Å²) in [7, 11) is 0. The molecule has 0 bridgehead atoms. The molecule has 1 aliphatic heterocycles. The largest absolute Gasteiger partial charge is 0.423 e. The summed E-state index contributed by atoms with van der Waals surface area (Å²) in [5, 5.41) is 3.04. The Morgan fingerprint density at radius 1 is 0.821 bits per heavy atom. The van der Waals surface area contributed by atoms with Gasteiger partial charge in [-0.25, -0.2) is 9.69 Å². The highest BCUT2D eigenvalue weighted by Gasteiger charge is 2.39. The first kappa shape index (κ1) is 28.4. The van der Waals surface area contributed by atoms with Crippen molar-refractivity contribution in [3.8, 4) is 5.75 Å². The summed E-state index contributed by atoms with van der Waals surface area (Å²) in [4.78, 5) is 39.7. The number of nitrogens with zero attached hydrogens (tertiary/aromatic N) is 1. The quantitative estimate of drug-likeness (QED) is 0.196. The van der Waals surface area contributed by atoms with Gasteiger partial charge in [0.2, 0.25) is 0 Å². The third kappa shape index (κ3) is 6.02. The minimum absolute atomic E-state index is 0.0415. The van der Waals surface area contributed by atoms with Gasteiger partial charge in [-0.3, -0.25) is 9.59 Å². The Balaban J connectivity index is 1.51. The van der Waals surface area contributed by atoms with E-state index in [4.69, 9.17) is 27.9 Å². The van der Waals surface area contributed by atoms with Crippen LogP contribution in [0.25, 0.3) is 0 Å². The third-order valence-electron chi connectivity index (χ3n) is 6.34. The van der Waals surface area contributed by atoms with Crippen LogP contribution < -0.4 is 15.0 Å². The normalized spacial score (nSPS) is 14.2. The van der Waals surface area contributed by atoms with E-state index in [-0.39, 0.29) is 21.6 Å². The molecule has 3 aromatic carbocycles. The summed E-state index contributed by atoms with van der Waals surface area (Å²) in [6.07, 6.45) is 0. The molecule has 3 aromatic rings. The van der Waals surface area contributed by atoms with E-state index in [1.807, 2.05) is 12.1 Å². The van der Waals surface area contributed by atoms with E-state index in [1.165, 1.54) is 6.07 Å². The van der Waals surface area contributed by atoms with Crippen LogP contribution in [-0.2, 0) is 20.4 Å². The first-order valence-corrected chi connectivity index (χ1v) is 13.2. The van der Waals surface area contributed by atoms with E-state index in [0.29, 0.717) is 27.7 Å². The van der Waals surface area contributed by atoms with Gasteiger partial charge in [0.25, 0.3) is 11.8 Å². The lowest BCUT2D eigenvalue weighted by molar-refractivity contribution is -0.120. The highest BCUT2D eigenvalue weighted by atomic mass is 35.5. The molecule has 202 valence electrons. The summed E-state index contributed by atoms with van der Waals surface area (Å²) in [6, 6.07) is 18.7. The summed E-state index contributed by atoms with van der Waals surface area (Å²) in [5.74, 6) is -1.26. The first-order valence-electron chi connectivity index (χ1n) is 12.5. The Bertz CT molecular complexity index is 1500. The molecule has 1 heterocycles. The summed E-state index contributed by atoms with van der Waals surface area (Å²) in [5.41, 5.74) is 2.87. The van der Waals surface area contributed by atoms with Gasteiger partial charge >= 0.3 is 5.97 Å². The van der Waals surface area contributed by atoms with Crippen molar-refractivity contribution >= 4 is 52.4 Å². The minimum Gasteiger partial charge on any atom is -0.423 e. The fraction of sp³-hybridized carbons (Fsp3) is 0.258. The summed E-state index contributed by atoms with van der Waals surface area (Å²) >= 11 is 12.2. The Kier molecular flexibility index (Phi) is 7.66. The van der Waals surface area contributed by atoms with Crippen LogP contribution in [0.5, 0.6) is 5.75 Å². The van der Waals surface area contributed by atoms with Crippen molar-refractivity contribution in [2.45, 2.75) is 52.4 Å². The van der Waals surface area contributed by atoms with Crippen molar-refractivity contribution in [1.29, 1.82) is 0 Å². The number of carbonyl (C=O) groups excluding carboxylic acids is 3. The van der Waals surface area contributed by atoms with Crippen molar-refractivity contribution in [3.05, 3.63) is 99.2 Å². The Labute approximate surface area is 238 Å². The van der Waals surface area contributed by atoms with Crippen LogP contribution in [0.1, 0.15) is 63.0 Å². The zero-order valence-corrected chi connectivity index (χ0v) is 24.2. The molecule has 0 unspecified atom stereocenters. The lowest BCUT2D eigenvalue weighted by Crippen LogP contribution is -2.32. The number of hydrogen-bond acceptors (Lipinski definition) is 5. The number of esters is 1. The van der Waals surface area contributed by atoms with E-state index in [1.54, 1.807) is 42.5 Å². The molecule has 0 spiro atoms. The van der Waals surface area contributed by atoms with Crippen LogP contribution in [0.3, 0.4) is 0 Å². The molecule has 0 saturated carbocycles. The number of benzene rings is 3. The molecule has 0 fully saturated rings. The molecule has 0 atom stereocenters. The molecule has 0 aromatic heterocycles. The van der Waals surface area contributed by atoms with Crippen LogP contribution in [0.15, 0.2) is 77.5 Å². The number of carbonyl (C=O) groups is 3. The zero-order valence-electron chi connectivity index (χ0n) is 22.7. The lowest BCUT2D eigenvalue weighted by atomic mass is 9.80. The number of rotatable bonds is 5. The summed E-state index contributed by atoms with van der Waals surface area (Å²) in [6.45, 7) is 12.7. The zero-order chi connectivity index (χ0) is 28.7. The summed E-state index contributed by atoms with van der Waals surface area (Å²) < 4.78 is 5.81. The SMILES string of the molecule is CC(C)(C)c1ccc(OC(=O)c2ccc(NC3=C(Cl)C(=O)N(c4cccc(Cl)c4)C3=O)cc2)c(C(C)(C)C)c1. The van der Waals surface area contributed by atoms with E-state index in [0.717, 1.165) is 16.0 Å². The van der Waals surface area contributed by atoms with Crippen LogP contribution >= 0.6 is 23.2 Å². The molecule has 6 nitrogen and oxygen atoms in total. The molecule has 2 amide bonds. The van der Waals surface area contributed by atoms with E-state index in [9.17, 15) is 14.4 Å². The highest BCUT2D eigenvalue weighted by molar-refractivity contribution is 6.53. The van der Waals surface area contributed by atoms with Crippen molar-refractivity contribution in [2.24, 2.45) is 0 Å². The number of hydrogen-bond donors (Lipinski definition) is 1. The van der Waals surface area contributed by atoms with Gasteiger partial charge < -0.3 is 10.1 Å². The molecule has 39 heavy (non-hydrogen) atoms. The topological polar surface area (TPSA) is 75.7 Å². The fourth-order valence-corrected chi connectivity index (χ4v) is 4.52. The lowest BCUT2D eigenvalue weighted by Gasteiger charge is -2.26. The average molecular weight is 565 g/mol. The highest BCUT2D eigenvalue weighted by Crippen LogP contribution is 2.36. The number of halogens is 2. The van der Waals surface area contributed by atoms with Crippen molar-refractivity contribution in [1.82, 2.24) is 0 Å². The van der Waals surface area contributed by atoms with E-state index < -0.39 is 17.8 Å². The van der Waals surface area contributed by atoms with Crippen molar-refractivity contribution in [3.63, 3.8) is 0 Å². The number of amides is 2. The number of imide groups is 1. The Morgan fingerprint density at radius 2 is 1.49 bits per heavy atom. The average Bonchev–Trinajstić information content (AvgIpc) is 3.06. The van der Waals surface area contributed by atoms with Gasteiger partial charge in [-0.2, -0.15) is 0 Å². The number of nitrogens with one attached hydrogen (secondary N) is 1. The second-order valence-electron chi connectivity index (χ2n) is 11.4. The van der Waals surface area contributed by atoms with Crippen molar-refractivity contribution in [2.75, 3.05) is 10.2 Å². The fourth-order valence-electron chi connectivity index (χ4n) is 4.13. The first-order chi connectivity index (χ1) is 18.2. The second-order valence-corrected chi connectivity index (χ2v) is 12.2. The van der Waals surface area contributed by atoms with Gasteiger partial charge in [-0.1, -0.05) is 82.9 Å². The van der Waals surface area contributed by atoms with Crippen molar-refractivity contribution < 1.29 is 19.1 Å². The van der Waals surface area contributed by atoms with Crippen LogP contribution in [0.2, 0.25) is 5.02 Å². The molecule has 0 saturated heterocycles. The molecular formula is C31H30Cl2N2O4. The van der Waals surface area contributed by atoms with Gasteiger partial charge in [0.05, 0.1) is 11.3 Å². The molecule has 4 rings (SSSR count). The molecule has 0 aliphatic carbocycles. The van der Waals surface area contributed by atoms with Crippen LogP contribution in [0, 0.1) is 0 Å². The maximum absolute atomic E-state index is 13.0. The van der Waals surface area contributed by atoms with E-state index >= 15 is 0 Å². The number of anilines is 2.